The zero-order chi connectivity index (χ0) is 25.1. The van der Waals surface area contributed by atoms with Gasteiger partial charge < -0.3 is 14.9 Å². The van der Waals surface area contributed by atoms with E-state index < -0.39 is 6.10 Å². The van der Waals surface area contributed by atoms with Crippen molar-refractivity contribution in [2.45, 2.75) is 180 Å². The molecule has 204 valence electrons. The molecule has 0 spiro atoms. The summed E-state index contributed by atoms with van der Waals surface area (Å²) in [6, 6.07) is 0. The maximum absolute atomic E-state index is 12.4. The minimum absolute atomic E-state index is 0.0877. The van der Waals surface area contributed by atoms with Gasteiger partial charge in [-0.05, 0) is 32.1 Å². The fourth-order valence-corrected chi connectivity index (χ4v) is 4.59. The normalized spacial score (nSPS) is 13.2. The fraction of sp³-hybridized carbons (Fsp3) is 0.967. The number of carbonyl (C=O) groups excluding carboxylic acids is 1. The van der Waals surface area contributed by atoms with Crippen molar-refractivity contribution in [2.24, 2.45) is 0 Å². The van der Waals surface area contributed by atoms with Crippen LogP contribution in [0.5, 0.6) is 0 Å². The van der Waals surface area contributed by atoms with E-state index in [0.29, 0.717) is 19.3 Å². The number of esters is 1. The molecule has 0 saturated heterocycles. The van der Waals surface area contributed by atoms with Crippen molar-refractivity contribution < 1.29 is 19.7 Å². The lowest BCUT2D eigenvalue weighted by molar-refractivity contribution is -0.150. The Kier molecular flexibility index (Phi) is 26.5. The van der Waals surface area contributed by atoms with Crippen LogP contribution in [0.1, 0.15) is 168 Å². The molecule has 0 bridgehead atoms. The largest absolute Gasteiger partial charge is 0.462 e. The highest BCUT2D eigenvalue weighted by Crippen LogP contribution is 2.18. The number of carbonyl (C=O) groups is 1. The van der Waals surface area contributed by atoms with Crippen molar-refractivity contribution in [3.8, 4) is 0 Å². The third-order valence-electron chi connectivity index (χ3n) is 6.94. The van der Waals surface area contributed by atoms with E-state index in [-0.39, 0.29) is 18.7 Å². The van der Waals surface area contributed by atoms with Crippen molar-refractivity contribution in [3.63, 3.8) is 0 Å². The van der Waals surface area contributed by atoms with Crippen LogP contribution in [-0.4, -0.2) is 35.0 Å². The van der Waals surface area contributed by atoms with Crippen LogP contribution in [0.25, 0.3) is 0 Å². The van der Waals surface area contributed by atoms with Crippen molar-refractivity contribution in [2.75, 3.05) is 6.61 Å². The van der Waals surface area contributed by atoms with Crippen LogP contribution in [0, 0.1) is 0 Å². The van der Waals surface area contributed by atoms with E-state index in [0.717, 1.165) is 25.7 Å². The number of hydrogen-bond donors (Lipinski definition) is 2. The highest BCUT2D eigenvalue weighted by atomic mass is 16.5. The third kappa shape index (κ3) is 24.5. The number of rotatable bonds is 27. The van der Waals surface area contributed by atoms with Gasteiger partial charge in [0.1, 0.15) is 6.10 Å². The number of aliphatic hydroxyl groups is 2. The first-order chi connectivity index (χ1) is 16.6. The van der Waals surface area contributed by atoms with Gasteiger partial charge >= 0.3 is 5.97 Å². The zero-order valence-electron chi connectivity index (χ0n) is 23.0. The smallest absolute Gasteiger partial charge is 0.306 e. The van der Waals surface area contributed by atoms with Crippen molar-refractivity contribution in [1.82, 2.24) is 0 Å². The second kappa shape index (κ2) is 27.0. The molecule has 0 rings (SSSR count). The lowest BCUT2D eigenvalue weighted by Crippen LogP contribution is -2.22. The average molecular weight is 485 g/mol. The molecule has 4 nitrogen and oxygen atoms in total. The molecular formula is C30H60O4. The summed E-state index contributed by atoms with van der Waals surface area (Å²) >= 11 is 0. The van der Waals surface area contributed by atoms with E-state index in [1.54, 1.807) is 0 Å². The van der Waals surface area contributed by atoms with Crippen LogP contribution in [0.2, 0.25) is 0 Å². The van der Waals surface area contributed by atoms with Crippen LogP contribution in [0.3, 0.4) is 0 Å². The molecule has 0 aromatic carbocycles. The van der Waals surface area contributed by atoms with Gasteiger partial charge in [-0.3, -0.25) is 4.79 Å². The Labute approximate surface area is 212 Å². The monoisotopic (exact) mass is 484 g/mol. The first-order valence-corrected chi connectivity index (χ1v) is 15.1. The summed E-state index contributed by atoms with van der Waals surface area (Å²) in [4.78, 5) is 12.4. The van der Waals surface area contributed by atoms with Gasteiger partial charge in [-0.15, -0.1) is 0 Å². The van der Waals surface area contributed by atoms with Crippen molar-refractivity contribution >= 4 is 5.97 Å². The number of aliphatic hydroxyl groups excluding tert-OH is 2. The summed E-state index contributed by atoms with van der Waals surface area (Å²) in [6.45, 7) is 4.29. The van der Waals surface area contributed by atoms with Crippen LogP contribution in [0.15, 0.2) is 0 Å². The first kappa shape index (κ1) is 33.4. The van der Waals surface area contributed by atoms with Crippen molar-refractivity contribution in [1.29, 1.82) is 0 Å². The highest BCUT2D eigenvalue weighted by molar-refractivity contribution is 5.69. The second-order valence-corrected chi connectivity index (χ2v) is 10.4. The predicted molar refractivity (Wildman–Crippen MR) is 145 cm³/mol. The second-order valence-electron chi connectivity index (χ2n) is 10.4. The molecule has 0 aliphatic carbocycles. The number of unbranched alkanes of at least 4 members (excludes halogenated alkanes) is 18. The lowest BCUT2D eigenvalue weighted by atomic mass is 10.0. The maximum atomic E-state index is 12.4. The molecule has 0 fully saturated rings. The fourth-order valence-electron chi connectivity index (χ4n) is 4.59. The summed E-state index contributed by atoms with van der Waals surface area (Å²) in [5.41, 5.74) is 0. The standard InChI is InChI=1S/C30H60O4/c1-3-5-7-9-11-13-14-16-18-20-22-24-30(33)34-29(26-25-28(32)27-31)23-21-19-17-15-12-10-8-6-4-2/h28-29,31-32H,3-27H2,1-2H3. The molecule has 2 N–H and O–H groups in total. The third-order valence-corrected chi connectivity index (χ3v) is 6.94. The van der Waals surface area contributed by atoms with E-state index in [1.165, 1.54) is 109 Å². The molecule has 34 heavy (non-hydrogen) atoms. The molecule has 0 aromatic rings. The number of ether oxygens (including phenoxy) is 1. The molecule has 0 aliphatic heterocycles. The van der Waals surface area contributed by atoms with Gasteiger partial charge in [-0.1, -0.05) is 129 Å². The van der Waals surface area contributed by atoms with E-state index in [2.05, 4.69) is 13.8 Å². The molecule has 0 aliphatic rings. The predicted octanol–water partition coefficient (Wildman–Crippen LogP) is 8.65. The lowest BCUT2D eigenvalue weighted by Gasteiger charge is -2.19. The van der Waals surface area contributed by atoms with Gasteiger partial charge in [0.25, 0.3) is 0 Å². The SMILES string of the molecule is CCCCCCCCCCCCCC(=O)OC(CCCCCCCCCCC)CCC(O)CO. The first-order valence-electron chi connectivity index (χ1n) is 15.1. The van der Waals surface area contributed by atoms with Crippen LogP contribution < -0.4 is 0 Å². The Morgan fingerprint density at radius 2 is 1.00 bits per heavy atom. The summed E-state index contributed by atoms with van der Waals surface area (Å²) in [7, 11) is 0. The van der Waals surface area contributed by atoms with E-state index in [4.69, 9.17) is 9.84 Å². The van der Waals surface area contributed by atoms with Gasteiger partial charge in [0.05, 0.1) is 12.7 Å². The quantitative estimate of drug-likeness (QED) is 0.0904. The molecule has 4 heteroatoms. The molecule has 0 amide bonds. The summed E-state index contributed by atoms with van der Waals surface area (Å²) in [5.74, 6) is -0.0877. The Balaban J connectivity index is 3.88. The van der Waals surface area contributed by atoms with Crippen molar-refractivity contribution in [3.05, 3.63) is 0 Å². The van der Waals surface area contributed by atoms with Crippen LogP contribution in [-0.2, 0) is 9.53 Å². The molecule has 2 atom stereocenters. The molecule has 0 saturated carbocycles. The van der Waals surface area contributed by atoms with Gasteiger partial charge in [0, 0.05) is 6.42 Å². The Morgan fingerprint density at radius 3 is 1.44 bits per heavy atom. The van der Waals surface area contributed by atoms with Gasteiger partial charge in [0.15, 0.2) is 0 Å². The summed E-state index contributed by atoms with van der Waals surface area (Å²) in [6.07, 6.45) is 27.2. The van der Waals surface area contributed by atoms with Gasteiger partial charge in [-0.25, -0.2) is 0 Å². The maximum Gasteiger partial charge on any atom is 0.306 e. The van der Waals surface area contributed by atoms with E-state index >= 15 is 0 Å². The summed E-state index contributed by atoms with van der Waals surface area (Å²) in [5, 5.41) is 18.8. The Bertz CT molecular complexity index is 413. The van der Waals surface area contributed by atoms with Gasteiger partial charge in [0.2, 0.25) is 0 Å². The molecular weight excluding hydrogens is 424 g/mol. The van der Waals surface area contributed by atoms with Crippen LogP contribution in [0.4, 0.5) is 0 Å². The molecule has 0 radical (unpaired) electrons. The molecule has 0 aromatic heterocycles. The molecule has 2 unspecified atom stereocenters. The minimum Gasteiger partial charge on any atom is -0.462 e. The highest BCUT2D eigenvalue weighted by Gasteiger charge is 2.16. The van der Waals surface area contributed by atoms with E-state index in [1.807, 2.05) is 0 Å². The average Bonchev–Trinajstić information content (AvgIpc) is 2.84. The Hall–Kier alpha value is -0.610. The zero-order valence-corrected chi connectivity index (χ0v) is 23.0. The number of hydrogen-bond acceptors (Lipinski definition) is 4. The van der Waals surface area contributed by atoms with E-state index in [9.17, 15) is 9.90 Å². The molecule has 0 heterocycles. The Morgan fingerprint density at radius 1 is 0.588 bits per heavy atom. The van der Waals surface area contributed by atoms with Gasteiger partial charge in [-0.2, -0.15) is 0 Å². The summed E-state index contributed by atoms with van der Waals surface area (Å²) < 4.78 is 5.78. The minimum atomic E-state index is -0.712. The topological polar surface area (TPSA) is 66.8 Å². The van der Waals surface area contributed by atoms with Crippen LogP contribution >= 0.6 is 0 Å².